The van der Waals surface area contributed by atoms with Crippen LogP contribution in [0.2, 0.25) is 0 Å². The van der Waals surface area contributed by atoms with Crippen LogP contribution in [0.5, 0.6) is 0 Å². The summed E-state index contributed by atoms with van der Waals surface area (Å²) in [6, 6.07) is 0. The molecule has 0 N–H and O–H groups in total. The highest BCUT2D eigenvalue weighted by molar-refractivity contribution is 4.55. The summed E-state index contributed by atoms with van der Waals surface area (Å²) in [5, 5.41) is 0. The highest BCUT2D eigenvalue weighted by Crippen LogP contribution is 2.25. The van der Waals surface area contributed by atoms with Crippen LogP contribution >= 0.6 is 0 Å². The molecule has 0 aromatic rings. The van der Waals surface area contributed by atoms with Gasteiger partial charge in [0.15, 0.2) is 0 Å². The second kappa shape index (κ2) is 31.5. The molecular formula is C42H90N2+2. The molecule has 0 aliphatic rings. The van der Waals surface area contributed by atoms with Crippen LogP contribution < -0.4 is 0 Å². The topological polar surface area (TPSA) is 0 Å². The predicted molar refractivity (Wildman–Crippen MR) is 203 cm³/mol. The molecule has 0 aliphatic heterocycles. The summed E-state index contributed by atoms with van der Waals surface area (Å²) in [5.74, 6) is 0. The Balaban J connectivity index is 4.14. The summed E-state index contributed by atoms with van der Waals surface area (Å²) in [6.45, 7) is 9.70. The Kier molecular flexibility index (Phi) is 31.5. The molecule has 2 heteroatoms. The van der Waals surface area contributed by atoms with Gasteiger partial charge in [0.05, 0.1) is 47.7 Å². The van der Waals surface area contributed by atoms with Crippen LogP contribution in [0.25, 0.3) is 0 Å². The Labute approximate surface area is 282 Å². The van der Waals surface area contributed by atoms with Crippen molar-refractivity contribution in [2.75, 3.05) is 41.3 Å². The number of hydrogen-bond donors (Lipinski definition) is 0. The predicted octanol–water partition coefficient (Wildman–Crippen LogP) is 14.0. The molecule has 0 spiro atoms. The van der Waals surface area contributed by atoms with Crippen molar-refractivity contribution in [3.05, 3.63) is 0 Å². The minimum atomic E-state index is 0.741. The van der Waals surface area contributed by atoms with Crippen LogP contribution in [0.1, 0.15) is 226 Å². The molecule has 0 saturated heterocycles. The zero-order valence-corrected chi connectivity index (χ0v) is 32.5. The normalized spacial score (nSPS) is 12.5. The minimum Gasteiger partial charge on any atom is -0.280 e. The molecule has 266 valence electrons. The van der Waals surface area contributed by atoms with E-state index in [1.807, 2.05) is 0 Å². The smallest absolute Gasteiger partial charge is 0.215 e. The molecule has 44 heavy (non-hydrogen) atoms. The first-order valence-electron chi connectivity index (χ1n) is 21.0. The number of nitrogens with zero attached hydrogens (tertiary/aromatic N) is 2. The van der Waals surface area contributed by atoms with Crippen molar-refractivity contribution in [1.29, 1.82) is 0 Å². The molecule has 0 heterocycles. The molecule has 2 nitrogen and oxygen atoms in total. The Morgan fingerprint density at radius 2 is 0.477 bits per heavy atom. The first kappa shape index (κ1) is 43.9. The SMILES string of the molecule is CCCCCCCCCCCCCCCC[N+](C)(C)C(CCCCC)[N+](C)(C)CCCCCCCCCCCCCCCC. The monoisotopic (exact) mass is 623 g/mol. The van der Waals surface area contributed by atoms with E-state index in [1.54, 1.807) is 0 Å². The van der Waals surface area contributed by atoms with Gasteiger partial charge in [-0.3, -0.25) is 8.97 Å². The fourth-order valence-electron chi connectivity index (χ4n) is 7.85. The molecule has 0 amide bonds. The van der Waals surface area contributed by atoms with E-state index in [2.05, 4.69) is 49.0 Å². The van der Waals surface area contributed by atoms with Gasteiger partial charge in [0, 0.05) is 0 Å². The lowest BCUT2D eigenvalue weighted by atomic mass is 10.0. The highest BCUT2D eigenvalue weighted by Gasteiger charge is 2.40. The Morgan fingerprint density at radius 3 is 0.727 bits per heavy atom. The summed E-state index contributed by atoms with van der Waals surface area (Å²) in [7, 11) is 10.2. The molecule has 0 unspecified atom stereocenters. The van der Waals surface area contributed by atoms with Gasteiger partial charge in [-0.25, -0.2) is 0 Å². The van der Waals surface area contributed by atoms with Gasteiger partial charge >= 0.3 is 0 Å². The first-order chi connectivity index (χ1) is 21.3. The average Bonchev–Trinajstić information content (AvgIpc) is 2.99. The lowest BCUT2D eigenvalue weighted by Gasteiger charge is -2.47. The van der Waals surface area contributed by atoms with Gasteiger partial charge in [-0.05, 0) is 32.1 Å². The van der Waals surface area contributed by atoms with Crippen LogP contribution in [-0.2, 0) is 0 Å². The van der Waals surface area contributed by atoms with Crippen molar-refractivity contribution in [2.24, 2.45) is 0 Å². The number of unbranched alkanes of at least 4 members (excludes halogenated alkanes) is 28. The van der Waals surface area contributed by atoms with E-state index in [1.165, 1.54) is 228 Å². The van der Waals surface area contributed by atoms with E-state index in [-0.39, 0.29) is 0 Å². The third kappa shape index (κ3) is 27.1. The van der Waals surface area contributed by atoms with E-state index in [0.29, 0.717) is 0 Å². The molecule has 0 bridgehead atoms. The zero-order chi connectivity index (χ0) is 32.6. The van der Waals surface area contributed by atoms with E-state index >= 15 is 0 Å². The van der Waals surface area contributed by atoms with E-state index in [9.17, 15) is 0 Å². The third-order valence-corrected chi connectivity index (χ3v) is 10.9. The number of quaternary nitrogens is 2. The first-order valence-corrected chi connectivity index (χ1v) is 21.0. The molecule has 0 atom stereocenters. The van der Waals surface area contributed by atoms with Gasteiger partial charge in [0.1, 0.15) is 0 Å². The lowest BCUT2D eigenvalue weighted by molar-refractivity contribution is -1.10. The van der Waals surface area contributed by atoms with Gasteiger partial charge in [-0.15, -0.1) is 0 Å². The fourth-order valence-corrected chi connectivity index (χ4v) is 7.85. The molecule has 0 aromatic carbocycles. The summed E-state index contributed by atoms with van der Waals surface area (Å²) in [5.41, 5.74) is 0. The van der Waals surface area contributed by atoms with Crippen molar-refractivity contribution < 1.29 is 8.97 Å². The third-order valence-electron chi connectivity index (χ3n) is 10.9. The average molecular weight is 623 g/mol. The maximum atomic E-state index is 2.56. The number of rotatable bonds is 36. The quantitative estimate of drug-likeness (QED) is 0.0370. The van der Waals surface area contributed by atoms with Gasteiger partial charge in [-0.2, -0.15) is 0 Å². The summed E-state index contributed by atoms with van der Waals surface area (Å²) in [4.78, 5) is 0. The standard InChI is InChI=1S/C42H90N2/c1-8-11-14-16-18-20-22-24-26-28-30-32-34-37-40-43(4,5)42(39-36-13-10-3)44(6,7)41-38-35-33-31-29-27-25-23-21-19-17-15-12-9-2/h42H,8-41H2,1-7H3/q+2. The number of hydrogen-bond acceptors (Lipinski definition) is 0. The van der Waals surface area contributed by atoms with Crippen molar-refractivity contribution in [3.8, 4) is 0 Å². The van der Waals surface area contributed by atoms with E-state index in [4.69, 9.17) is 0 Å². The minimum absolute atomic E-state index is 0.741. The van der Waals surface area contributed by atoms with Crippen molar-refractivity contribution in [3.63, 3.8) is 0 Å². The Morgan fingerprint density at radius 1 is 0.273 bits per heavy atom. The van der Waals surface area contributed by atoms with Crippen LogP contribution in [0.3, 0.4) is 0 Å². The second-order valence-electron chi connectivity index (χ2n) is 16.2. The van der Waals surface area contributed by atoms with E-state index < -0.39 is 0 Å². The summed E-state index contributed by atoms with van der Waals surface area (Å²) >= 11 is 0. The Bertz CT molecular complexity index is 510. The van der Waals surface area contributed by atoms with Gasteiger partial charge < -0.3 is 0 Å². The molecule has 0 radical (unpaired) electrons. The molecule has 0 rings (SSSR count). The lowest BCUT2D eigenvalue weighted by Crippen LogP contribution is -2.64. The van der Waals surface area contributed by atoms with E-state index in [0.717, 1.165) is 6.17 Å². The fraction of sp³-hybridized carbons (Fsp3) is 1.00. The molecular weight excluding hydrogens is 532 g/mol. The van der Waals surface area contributed by atoms with Gasteiger partial charge in [0.25, 0.3) is 0 Å². The summed E-state index contributed by atoms with van der Waals surface area (Å²) < 4.78 is 2.43. The highest BCUT2D eigenvalue weighted by atomic mass is 15.5. The van der Waals surface area contributed by atoms with Crippen LogP contribution in [-0.4, -0.2) is 56.4 Å². The maximum absolute atomic E-state index is 2.56. The largest absolute Gasteiger partial charge is 0.280 e. The van der Waals surface area contributed by atoms with Crippen LogP contribution in [0.15, 0.2) is 0 Å². The summed E-state index contributed by atoms with van der Waals surface area (Å²) in [6.07, 6.45) is 47.0. The van der Waals surface area contributed by atoms with Crippen molar-refractivity contribution in [1.82, 2.24) is 0 Å². The second-order valence-corrected chi connectivity index (χ2v) is 16.2. The van der Waals surface area contributed by atoms with Crippen LogP contribution in [0, 0.1) is 0 Å². The molecule has 0 fully saturated rings. The Hall–Kier alpha value is -0.0800. The van der Waals surface area contributed by atoms with Gasteiger partial charge in [-0.1, -0.05) is 188 Å². The molecule has 0 saturated carbocycles. The van der Waals surface area contributed by atoms with Crippen LogP contribution in [0.4, 0.5) is 0 Å². The van der Waals surface area contributed by atoms with Crippen molar-refractivity contribution in [2.45, 2.75) is 232 Å². The zero-order valence-electron chi connectivity index (χ0n) is 32.5. The maximum Gasteiger partial charge on any atom is 0.215 e. The molecule has 0 aromatic heterocycles. The van der Waals surface area contributed by atoms with Crippen molar-refractivity contribution >= 4 is 0 Å². The van der Waals surface area contributed by atoms with Gasteiger partial charge in [0.2, 0.25) is 6.17 Å². The molecule has 0 aliphatic carbocycles.